The summed E-state index contributed by atoms with van der Waals surface area (Å²) in [5.41, 5.74) is 1.38. The third-order valence-electron chi connectivity index (χ3n) is 4.93. The highest BCUT2D eigenvalue weighted by molar-refractivity contribution is 5.99. The molecule has 0 aliphatic carbocycles. The SMILES string of the molecule is Cc1ncc(C(=O)N2CCC3(CN(C)C(=O)O3)C2)c(-c2ccccc2)n1. The molecule has 1 unspecified atom stereocenters. The van der Waals surface area contributed by atoms with E-state index in [9.17, 15) is 9.59 Å². The van der Waals surface area contributed by atoms with Gasteiger partial charge in [-0.1, -0.05) is 30.3 Å². The molecule has 2 fully saturated rings. The first-order valence-corrected chi connectivity index (χ1v) is 8.60. The molecule has 4 rings (SSSR count). The van der Waals surface area contributed by atoms with E-state index in [2.05, 4.69) is 9.97 Å². The van der Waals surface area contributed by atoms with Gasteiger partial charge in [0, 0.05) is 31.8 Å². The summed E-state index contributed by atoms with van der Waals surface area (Å²) < 4.78 is 5.53. The van der Waals surface area contributed by atoms with E-state index in [0.717, 1.165) is 5.56 Å². The normalized spacial score (nSPS) is 22.2. The van der Waals surface area contributed by atoms with Crippen molar-refractivity contribution in [2.75, 3.05) is 26.7 Å². The van der Waals surface area contributed by atoms with Gasteiger partial charge in [0.2, 0.25) is 0 Å². The van der Waals surface area contributed by atoms with Crippen LogP contribution >= 0.6 is 0 Å². The van der Waals surface area contributed by atoms with Gasteiger partial charge in [0.05, 0.1) is 24.3 Å². The molecule has 0 N–H and O–H groups in total. The van der Waals surface area contributed by atoms with E-state index in [4.69, 9.17) is 4.74 Å². The second-order valence-electron chi connectivity index (χ2n) is 6.93. The van der Waals surface area contributed by atoms with Crippen LogP contribution < -0.4 is 0 Å². The lowest BCUT2D eigenvalue weighted by Gasteiger charge is -2.22. The van der Waals surface area contributed by atoms with Crippen molar-refractivity contribution in [3.63, 3.8) is 0 Å². The third kappa shape index (κ3) is 2.79. The van der Waals surface area contributed by atoms with Crippen molar-refractivity contribution in [1.82, 2.24) is 19.8 Å². The number of ether oxygens (including phenoxy) is 1. The van der Waals surface area contributed by atoms with Gasteiger partial charge in [-0.05, 0) is 6.92 Å². The third-order valence-corrected chi connectivity index (χ3v) is 4.93. The molecule has 0 bridgehead atoms. The summed E-state index contributed by atoms with van der Waals surface area (Å²) in [6.07, 6.45) is 1.90. The Balaban J connectivity index is 1.63. The molecule has 26 heavy (non-hydrogen) atoms. The summed E-state index contributed by atoms with van der Waals surface area (Å²) in [6.45, 7) is 3.25. The fraction of sp³-hybridized carbons (Fsp3) is 0.368. The number of likely N-dealkylation sites (N-methyl/N-ethyl adjacent to an activating group) is 1. The molecule has 1 atom stereocenters. The molecule has 1 aromatic carbocycles. The summed E-state index contributed by atoms with van der Waals surface area (Å²) >= 11 is 0. The number of rotatable bonds is 2. The van der Waals surface area contributed by atoms with Crippen LogP contribution in [0.2, 0.25) is 0 Å². The smallest absolute Gasteiger partial charge is 0.410 e. The summed E-state index contributed by atoms with van der Waals surface area (Å²) in [5, 5.41) is 0. The Morgan fingerprint density at radius 2 is 2.00 bits per heavy atom. The lowest BCUT2D eigenvalue weighted by Crippen LogP contribution is -2.39. The van der Waals surface area contributed by atoms with Crippen LogP contribution in [0.15, 0.2) is 36.5 Å². The minimum atomic E-state index is -0.597. The quantitative estimate of drug-likeness (QED) is 0.827. The first kappa shape index (κ1) is 16.5. The average Bonchev–Trinajstić information content (AvgIpc) is 3.17. The number of nitrogens with zero attached hydrogens (tertiary/aromatic N) is 4. The summed E-state index contributed by atoms with van der Waals surface area (Å²) in [6, 6.07) is 9.61. The molecular weight excluding hydrogens is 332 g/mol. The maximum Gasteiger partial charge on any atom is 0.410 e. The first-order chi connectivity index (χ1) is 12.5. The second-order valence-corrected chi connectivity index (χ2v) is 6.93. The fourth-order valence-corrected chi connectivity index (χ4v) is 3.64. The first-order valence-electron chi connectivity index (χ1n) is 8.60. The van der Waals surface area contributed by atoms with Gasteiger partial charge in [0.25, 0.3) is 5.91 Å². The van der Waals surface area contributed by atoms with Gasteiger partial charge < -0.3 is 14.5 Å². The average molecular weight is 352 g/mol. The van der Waals surface area contributed by atoms with E-state index in [1.165, 1.54) is 0 Å². The van der Waals surface area contributed by atoms with E-state index >= 15 is 0 Å². The molecule has 2 aliphatic rings. The molecule has 1 aromatic heterocycles. The molecule has 2 saturated heterocycles. The van der Waals surface area contributed by atoms with Crippen molar-refractivity contribution in [2.45, 2.75) is 18.9 Å². The van der Waals surface area contributed by atoms with Crippen molar-refractivity contribution >= 4 is 12.0 Å². The molecule has 2 aliphatic heterocycles. The van der Waals surface area contributed by atoms with E-state index in [-0.39, 0.29) is 12.0 Å². The predicted octanol–water partition coefficient (Wildman–Crippen LogP) is 2.12. The van der Waals surface area contributed by atoms with Crippen molar-refractivity contribution < 1.29 is 14.3 Å². The summed E-state index contributed by atoms with van der Waals surface area (Å²) in [7, 11) is 1.71. The Morgan fingerprint density at radius 1 is 1.23 bits per heavy atom. The van der Waals surface area contributed by atoms with Gasteiger partial charge >= 0.3 is 6.09 Å². The van der Waals surface area contributed by atoms with Gasteiger partial charge in [-0.3, -0.25) is 4.79 Å². The topological polar surface area (TPSA) is 75.6 Å². The number of hydrogen-bond acceptors (Lipinski definition) is 5. The molecule has 0 saturated carbocycles. The van der Waals surface area contributed by atoms with E-state index in [1.54, 1.807) is 30.0 Å². The molecular formula is C19H20N4O3. The van der Waals surface area contributed by atoms with E-state index < -0.39 is 5.60 Å². The lowest BCUT2D eigenvalue weighted by atomic mass is 10.0. The van der Waals surface area contributed by atoms with Crippen LogP contribution in [0.4, 0.5) is 4.79 Å². The van der Waals surface area contributed by atoms with Crippen molar-refractivity contribution in [3.05, 3.63) is 47.9 Å². The van der Waals surface area contributed by atoms with Crippen LogP contribution in [0.25, 0.3) is 11.3 Å². The molecule has 2 aromatic rings. The number of likely N-dealkylation sites (tertiary alicyclic amines) is 1. The number of carbonyl (C=O) groups is 2. The number of aryl methyl sites for hydroxylation is 1. The minimum absolute atomic E-state index is 0.133. The van der Waals surface area contributed by atoms with Crippen LogP contribution in [-0.4, -0.2) is 64.1 Å². The number of amides is 2. The number of carbonyl (C=O) groups excluding carboxylic acids is 2. The number of hydrogen-bond donors (Lipinski definition) is 0. The number of benzene rings is 1. The van der Waals surface area contributed by atoms with Crippen LogP contribution in [0.5, 0.6) is 0 Å². The number of aromatic nitrogens is 2. The Hall–Kier alpha value is -2.96. The molecule has 2 amide bonds. The van der Waals surface area contributed by atoms with Crippen LogP contribution in [0.1, 0.15) is 22.6 Å². The summed E-state index contributed by atoms with van der Waals surface area (Å²) in [5.74, 6) is 0.482. The Bertz CT molecular complexity index is 870. The van der Waals surface area contributed by atoms with Gasteiger partial charge in [0.15, 0.2) is 5.60 Å². The maximum atomic E-state index is 13.1. The van der Waals surface area contributed by atoms with Crippen molar-refractivity contribution in [3.8, 4) is 11.3 Å². The Kier molecular flexibility index (Phi) is 3.86. The Labute approximate surface area is 151 Å². The van der Waals surface area contributed by atoms with E-state index in [1.807, 2.05) is 30.3 Å². The molecule has 0 radical (unpaired) electrons. The highest BCUT2D eigenvalue weighted by Gasteiger charge is 2.49. The second kappa shape index (κ2) is 6.09. The van der Waals surface area contributed by atoms with Crippen molar-refractivity contribution in [1.29, 1.82) is 0 Å². The molecule has 7 nitrogen and oxygen atoms in total. The standard InChI is InChI=1S/C19H20N4O3/c1-13-20-10-15(16(21-13)14-6-4-3-5-7-14)17(24)23-9-8-19(12-23)11-22(2)18(25)26-19/h3-7,10H,8-9,11-12H2,1-2H3. The van der Waals surface area contributed by atoms with Crippen LogP contribution in [0.3, 0.4) is 0 Å². The van der Waals surface area contributed by atoms with Crippen LogP contribution in [0, 0.1) is 6.92 Å². The molecule has 7 heteroatoms. The Morgan fingerprint density at radius 3 is 2.69 bits per heavy atom. The lowest BCUT2D eigenvalue weighted by molar-refractivity contribution is 0.0553. The van der Waals surface area contributed by atoms with Gasteiger partial charge in [-0.15, -0.1) is 0 Å². The van der Waals surface area contributed by atoms with Gasteiger partial charge in [0.1, 0.15) is 5.82 Å². The highest BCUT2D eigenvalue weighted by Crippen LogP contribution is 2.33. The zero-order valence-corrected chi connectivity index (χ0v) is 14.8. The zero-order chi connectivity index (χ0) is 18.3. The fourth-order valence-electron chi connectivity index (χ4n) is 3.64. The monoisotopic (exact) mass is 352 g/mol. The van der Waals surface area contributed by atoms with Gasteiger partial charge in [-0.2, -0.15) is 0 Å². The molecule has 1 spiro atoms. The summed E-state index contributed by atoms with van der Waals surface area (Å²) in [4.78, 5) is 36.9. The molecule has 134 valence electrons. The van der Waals surface area contributed by atoms with Crippen LogP contribution in [-0.2, 0) is 4.74 Å². The predicted molar refractivity (Wildman–Crippen MR) is 94.6 cm³/mol. The minimum Gasteiger partial charge on any atom is -0.439 e. The van der Waals surface area contributed by atoms with E-state index in [0.29, 0.717) is 43.1 Å². The van der Waals surface area contributed by atoms with Crippen molar-refractivity contribution in [2.24, 2.45) is 0 Å². The zero-order valence-electron chi connectivity index (χ0n) is 14.8. The molecule has 3 heterocycles. The highest BCUT2D eigenvalue weighted by atomic mass is 16.6. The maximum absolute atomic E-state index is 13.1. The largest absolute Gasteiger partial charge is 0.439 e. The van der Waals surface area contributed by atoms with Gasteiger partial charge in [-0.25, -0.2) is 14.8 Å².